The number of H-pyrrole nitrogens is 1. The number of urea groups is 1. The molecule has 1 aromatic heterocycles. The molecule has 1 saturated heterocycles. The van der Waals surface area contributed by atoms with E-state index in [2.05, 4.69) is 32.9 Å². The standard InChI is InChI=1S/C30H28ClIN4O5/c1-17-26(23-12-9-20(32)14-24(23)31)34-28(33-17)25(13-18-5-3-2-4-6-18)36-29(39)27(35-30(36)40)19-7-10-22(11-8-19)41-16-21(38)15-37/h2-12,14,21,25,27,37-38H,13,15-16H2,1H3,(H,33,34)(H,35,40)/t21-,25?,27-/m1/s1. The van der Waals surface area contributed by atoms with E-state index in [1.165, 1.54) is 4.90 Å². The van der Waals surface area contributed by atoms with Crippen molar-refractivity contribution in [2.75, 3.05) is 13.2 Å². The summed E-state index contributed by atoms with van der Waals surface area (Å²) < 4.78 is 6.46. The van der Waals surface area contributed by atoms with E-state index in [4.69, 9.17) is 26.4 Å². The second-order valence-corrected chi connectivity index (χ2v) is 11.4. The van der Waals surface area contributed by atoms with Gasteiger partial charge >= 0.3 is 6.03 Å². The lowest BCUT2D eigenvalue weighted by Crippen LogP contribution is -2.36. The normalized spacial score (nSPS) is 16.5. The number of aromatic nitrogens is 2. The number of aliphatic hydroxyl groups is 2. The van der Waals surface area contributed by atoms with E-state index in [1.54, 1.807) is 24.3 Å². The number of benzene rings is 3. The number of hydrogen-bond acceptors (Lipinski definition) is 6. The van der Waals surface area contributed by atoms with Crippen LogP contribution in [0.25, 0.3) is 11.3 Å². The third kappa shape index (κ3) is 6.40. The summed E-state index contributed by atoms with van der Waals surface area (Å²) in [6.45, 7) is 1.39. The number of imidazole rings is 1. The number of carbonyl (C=O) groups excluding carboxylic acids is 2. The van der Waals surface area contributed by atoms with Crippen molar-refractivity contribution < 1.29 is 24.5 Å². The lowest BCUT2D eigenvalue weighted by atomic mass is 10.0. The fraction of sp³-hybridized carbons (Fsp3) is 0.233. The van der Waals surface area contributed by atoms with Crippen molar-refractivity contribution >= 4 is 46.1 Å². The fourth-order valence-electron chi connectivity index (χ4n) is 4.76. The smallest absolute Gasteiger partial charge is 0.325 e. The second-order valence-electron chi connectivity index (χ2n) is 9.72. The minimum atomic E-state index is -0.993. The van der Waals surface area contributed by atoms with E-state index in [0.29, 0.717) is 34.3 Å². The first-order valence-corrected chi connectivity index (χ1v) is 14.4. The van der Waals surface area contributed by atoms with Gasteiger partial charge in [0.05, 0.1) is 23.0 Å². The van der Waals surface area contributed by atoms with Crippen LogP contribution in [0.2, 0.25) is 5.02 Å². The van der Waals surface area contributed by atoms with Crippen molar-refractivity contribution in [2.45, 2.75) is 31.5 Å². The first-order chi connectivity index (χ1) is 19.7. The van der Waals surface area contributed by atoms with Crippen LogP contribution < -0.4 is 10.1 Å². The van der Waals surface area contributed by atoms with E-state index in [-0.39, 0.29) is 6.61 Å². The molecule has 2 heterocycles. The summed E-state index contributed by atoms with van der Waals surface area (Å²) in [5.74, 6) is 0.541. The lowest BCUT2D eigenvalue weighted by Gasteiger charge is -2.24. The number of imide groups is 1. The van der Waals surface area contributed by atoms with E-state index in [0.717, 1.165) is 20.4 Å². The van der Waals surface area contributed by atoms with E-state index < -0.39 is 36.7 Å². The maximum Gasteiger partial charge on any atom is 0.325 e. The maximum absolute atomic E-state index is 13.8. The van der Waals surface area contributed by atoms with Gasteiger partial charge in [0.25, 0.3) is 5.91 Å². The number of nitrogens with one attached hydrogen (secondary N) is 2. The van der Waals surface area contributed by atoms with Crippen LogP contribution in [0.4, 0.5) is 4.79 Å². The SMILES string of the molecule is Cc1nc(C(Cc2ccccc2)N2C(=O)N[C@H](c3ccc(OC[C@H](O)CO)cc3)C2=O)[nH]c1-c1ccc(I)cc1Cl. The molecule has 1 aliphatic rings. The topological polar surface area (TPSA) is 128 Å². The van der Waals surface area contributed by atoms with Gasteiger partial charge in [-0.25, -0.2) is 9.78 Å². The van der Waals surface area contributed by atoms with Gasteiger partial charge in [0.1, 0.15) is 36.4 Å². The Morgan fingerprint density at radius 1 is 1.10 bits per heavy atom. The highest BCUT2D eigenvalue weighted by molar-refractivity contribution is 14.1. The van der Waals surface area contributed by atoms with E-state index >= 15 is 0 Å². The molecule has 0 saturated carbocycles. The summed E-state index contributed by atoms with van der Waals surface area (Å²) in [5.41, 5.74) is 3.74. The van der Waals surface area contributed by atoms with Crippen molar-refractivity contribution in [2.24, 2.45) is 0 Å². The van der Waals surface area contributed by atoms with Crippen LogP contribution in [-0.4, -0.2) is 56.3 Å². The molecular weight excluding hydrogens is 659 g/mol. The first-order valence-electron chi connectivity index (χ1n) is 13.0. The Labute approximate surface area is 255 Å². The van der Waals surface area contributed by atoms with Crippen LogP contribution in [0, 0.1) is 10.5 Å². The molecule has 3 aromatic carbocycles. The number of nitrogens with zero attached hydrogens (tertiary/aromatic N) is 2. The van der Waals surface area contributed by atoms with Crippen molar-refractivity contribution in [1.29, 1.82) is 0 Å². The zero-order valence-corrected chi connectivity index (χ0v) is 25.0. The van der Waals surface area contributed by atoms with Gasteiger partial charge in [0.2, 0.25) is 0 Å². The quantitative estimate of drug-likeness (QED) is 0.138. The summed E-state index contributed by atoms with van der Waals surface area (Å²) in [7, 11) is 0. The minimum Gasteiger partial charge on any atom is -0.491 e. The van der Waals surface area contributed by atoms with E-state index in [9.17, 15) is 14.7 Å². The third-order valence-corrected chi connectivity index (χ3v) is 7.82. The fourth-order valence-corrected chi connectivity index (χ4v) is 5.71. The molecule has 1 fully saturated rings. The van der Waals surface area contributed by atoms with E-state index in [1.807, 2.05) is 55.5 Å². The minimum absolute atomic E-state index is 0.0676. The Morgan fingerprint density at radius 3 is 2.51 bits per heavy atom. The number of rotatable bonds is 10. The molecule has 41 heavy (non-hydrogen) atoms. The zero-order valence-electron chi connectivity index (χ0n) is 22.1. The molecule has 4 N–H and O–H groups in total. The Morgan fingerprint density at radius 2 is 1.83 bits per heavy atom. The van der Waals surface area contributed by atoms with Crippen LogP contribution in [0.15, 0.2) is 72.8 Å². The Bertz CT molecular complexity index is 1550. The predicted molar refractivity (Wildman–Crippen MR) is 163 cm³/mol. The second kappa shape index (κ2) is 12.6. The van der Waals surface area contributed by atoms with Gasteiger partial charge in [-0.3, -0.25) is 9.69 Å². The average Bonchev–Trinajstić information content (AvgIpc) is 3.49. The number of aliphatic hydroxyl groups excluding tert-OH is 2. The number of hydrogen-bond donors (Lipinski definition) is 4. The number of aryl methyl sites for hydroxylation is 1. The molecule has 4 aromatic rings. The average molecular weight is 687 g/mol. The Kier molecular flexibility index (Phi) is 8.93. The van der Waals surface area contributed by atoms with Gasteiger partial charge in [-0.15, -0.1) is 0 Å². The lowest BCUT2D eigenvalue weighted by molar-refractivity contribution is -0.129. The summed E-state index contributed by atoms with van der Waals surface area (Å²) in [4.78, 5) is 36.5. The molecule has 3 amide bonds. The number of carbonyl (C=O) groups is 2. The molecule has 11 heteroatoms. The number of halogens is 2. The van der Waals surface area contributed by atoms with Crippen LogP contribution >= 0.6 is 34.2 Å². The maximum atomic E-state index is 13.8. The van der Waals surface area contributed by atoms with Gasteiger partial charge in [-0.2, -0.15) is 0 Å². The number of amides is 3. The van der Waals surface area contributed by atoms with Gasteiger partial charge in [-0.1, -0.05) is 60.1 Å². The Balaban J connectivity index is 1.45. The highest BCUT2D eigenvalue weighted by atomic mass is 127. The summed E-state index contributed by atoms with van der Waals surface area (Å²) in [6, 6.07) is 19.9. The monoisotopic (exact) mass is 686 g/mol. The summed E-state index contributed by atoms with van der Waals surface area (Å²) >= 11 is 8.75. The summed E-state index contributed by atoms with van der Waals surface area (Å²) in [6.07, 6.45) is -0.632. The highest BCUT2D eigenvalue weighted by Crippen LogP contribution is 2.35. The number of ether oxygens (including phenoxy) is 1. The van der Waals surface area contributed by atoms with Crippen LogP contribution in [0.3, 0.4) is 0 Å². The van der Waals surface area contributed by atoms with Crippen LogP contribution in [-0.2, 0) is 11.2 Å². The molecule has 9 nitrogen and oxygen atoms in total. The number of aromatic amines is 1. The van der Waals surface area contributed by atoms with Gasteiger partial charge in [-0.05, 0) is 64.9 Å². The molecule has 0 radical (unpaired) electrons. The summed E-state index contributed by atoms with van der Waals surface area (Å²) in [5, 5.41) is 21.9. The molecule has 1 aliphatic heterocycles. The van der Waals surface area contributed by atoms with Crippen molar-refractivity contribution in [1.82, 2.24) is 20.2 Å². The molecule has 0 bridgehead atoms. The molecule has 3 atom stereocenters. The van der Waals surface area contributed by atoms with Crippen LogP contribution in [0.1, 0.15) is 34.7 Å². The molecule has 1 unspecified atom stereocenters. The first kappa shape index (κ1) is 29.1. The molecule has 5 rings (SSSR count). The van der Waals surface area contributed by atoms with Crippen molar-refractivity contribution in [3.8, 4) is 17.0 Å². The van der Waals surface area contributed by atoms with Gasteiger partial charge < -0.3 is 25.3 Å². The largest absolute Gasteiger partial charge is 0.491 e. The van der Waals surface area contributed by atoms with Crippen molar-refractivity contribution in [3.63, 3.8) is 0 Å². The van der Waals surface area contributed by atoms with Crippen molar-refractivity contribution in [3.05, 3.63) is 104 Å². The third-order valence-electron chi connectivity index (χ3n) is 6.84. The molecular formula is C30H28ClIN4O5. The molecule has 212 valence electrons. The van der Waals surface area contributed by atoms with Gasteiger partial charge in [0, 0.05) is 15.6 Å². The highest BCUT2D eigenvalue weighted by Gasteiger charge is 2.44. The molecule has 0 aliphatic carbocycles. The zero-order chi connectivity index (χ0) is 29.1. The predicted octanol–water partition coefficient (Wildman–Crippen LogP) is 4.95. The molecule has 0 spiro atoms. The Hall–Kier alpha value is -3.45. The van der Waals surface area contributed by atoms with Gasteiger partial charge in [0.15, 0.2) is 0 Å². The van der Waals surface area contributed by atoms with Crippen LogP contribution in [0.5, 0.6) is 5.75 Å².